The third kappa shape index (κ3) is 2.41. The highest BCUT2D eigenvalue weighted by Gasteiger charge is 2.19. The second-order valence-corrected chi connectivity index (χ2v) is 5.97. The van der Waals surface area contributed by atoms with E-state index in [-0.39, 0.29) is 0 Å². The van der Waals surface area contributed by atoms with Gasteiger partial charge < -0.3 is 0 Å². The van der Waals surface area contributed by atoms with Crippen molar-refractivity contribution in [1.29, 1.82) is 0 Å². The predicted octanol–water partition coefficient (Wildman–Crippen LogP) is 2.79. The second kappa shape index (κ2) is 4.64. The first-order chi connectivity index (χ1) is 7.20. The molecule has 0 aliphatic heterocycles. The van der Waals surface area contributed by atoms with E-state index in [0.717, 1.165) is 6.42 Å². The second-order valence-electron chi connectivity index (χ2n) is 4.80. The molecule has 0 radical (unpaired) electrons. The maximum Gasteiger partial charge on any atom is 0.0555 e. The average molecular weight is 224 g/mol. The summed E-state index contributed by atoms with van der Waals surface area (Å²) in [6.45, 7) is 4.48. The van der Waals surface area contributed by atoms with Crippen molar-refractivity contribution in [2.24, 2.45) is 11.8 Å². The highest BCUT2D eigenvalue weighted by Crippen LogP contribution is 2.35. The summed E-state index contributed by atoms with van der Waals surface area (Å²) in [6.07, 6.45) is 5.01. The Balaban J connectivity index is 2.12. The van der Waals surface area contributed by atoms with Gasteiger partial charge in [-0.15, -0.1) is 11.3 Å². The molecule has 1 atom stereocenters. The summed E-state index contributed by atoms with van der Waals surface area (Å²) in [5.74, 6) is 6.31. The van der Waals surface area contributed by atoms with Gasteiger partial charge in [0.2, 0.25) is 0 Å². The van der Waals surface area contributed by atoms with Crippen LogP contribution in [0.3, 0.4) is 0 Å². The van der Waals surface area contributed by atoms with Crippen molar-refractivity contribution in [3.05, 3.63) is 21.4 Å². The van der Waals surface area contributed by atoms with Crippen LogP contribution in [0.25, 0.3) is 0 Å². The van der Waals surface area contributed by atoms with Crippen molar-refractivity contribution in [2.75, 3.05) is 0 Å². The molecule has 0 fully saturated rings. The summed E-state index contributed by atoms with van der Waals surface area (Å²) in [6, 6.07) is 2.71. The quantitative estimate of drug-likeness (QED) is 0.609. The fourth-order valence-electron chi connectivity index (χ4n) is 2.26. The summed E-state index contributed by atoms with van der Waals surface area (Å²) < 4.78 is 0. The van der Waals surface area contributed by atoms with Crippen LogP contribution >= 0.6 is 11.3 Å². The molecule has 1 aliphatic carbocycles. The largest absolute Gasteiger partial charge is 0.271 e. The van der Waals surface area contributed by atoms with Gasteiger partial charge in [0.05, 0.1) is 6.04 Å². The average Bonchev–Trinajstić information content (AvgIpc) is 2.72. The van der Waals surface area contributed by atoms with E-state index in [4.69, 9.17) is 5.84 Å². The van der Waals surface area contributed by atoms with Crippen molar-refractivity contribution in [1.82, 2.24) is 5.43 Å². The Labute approximate surface area is 95.8 Å². The molecule has 0 aromatic carbocycles. The van der Waals surface area contributed by atoms with E-state index in [1.54, 1.807) is 10.4 Å². The normalized spacial score (nSPS) is 17.1. The maximum atomic E-state index is 5.63. The van der Waals surface area contributed by atoms with Crippen LogP contribution < -0.4 is 11.3 Å². The molecule has 15 heavy (non-hydrogen) atoms. The summed E-state index contributed by atoms with van der Waals surface area (Å²) >= 11 is 1.95. The monoisotopic (exact) mass is 224 g/mol. The molecule has 0 bridgehead atoms. The highest BCUT2D eigenvalue weighted by molar-refractivity contribution is 7.12. The molecule has 0 spiro atoms. The van der Waals surface area contributed by atoms with Crippen LogP contribution in [-0.4, -0.2) is 0 Å². The highest BCUT2D eigenvalue weighted by atomic mass is 32.1. The number of nitrogens with one attached hydrogen (secondary N) is 1. The van der Waals surface area contributed by atoms with Gasteiger partial charge in [-0.2, -0.15) is 0 Å². The minimum Gasteiger partial charge on any atom is -0.271 e. The summed E-state index contributed by atoms with van der Waals surface area (Å²) in [4.78, 5) is 3.02. The molecule has 3 N–H and O–H groups in total. The number of hydrogen-bond donors (Lipinski definition) is 2. The molecule has 3 heteroatoms. The van der Waals surface area contributed by atoms with Crippen LogP contribution in [0.5, 0.6) is 0 Å². The van der Waals surface area contributed by atoms with Crippen LogP contribution in [0.4, 0.5) is 0 Å². The molecule has 2 nitrogen and oxygen atoms in total. The van der Waals surface area contributed by atoms with Crippen molar-refractivity contribution >= 4 is 11.3 Å². The number of thiophene rings is 1. The predicted molar refractivity (Wildman–Crippen MR) is 65.9 cm³/mol. The van der Waals surface area contributed by atoms with Crippen LogP contribution in [0, 0.1) is 5.92 Å². The smallest absolute Gasteiger partial charge is 0.0555 e. The third-order valence-electron chi connectivity index (χ3n) is 3.02. The van der Waals surface area contributed by atoms with Crippen molar-refractivity contribution in [3.63, 3.8) is 0 Å². The minimum atomic E-state index is 0.348. The molecule has 1 aromatic heterocycles. The Morgan fingerprint density at radius 2 is 2.27 bits per heavy atom. The van der Waals surface area contributed by atoms with E-state index in [2.05, 4.69) is 25.3 Å². The van der Waals surface area contributed by atoms with Crippen molar-refractivity contribution in [2.45, 2.75) is 45.6 Å². The molecule has 1 unspecified atom stereocenters. The lowest BCUT2D eigenvalue weighted by molar-refractivity contribution is 0.443. The van der Waals surface area contributed by atoms with E-state index < -0.39 is 0 Å². The van der Waals surface area contributed by atoms with Gasteiger partial charge in [0.15, 0.2) is 0 Å². The van der Waals surface area contributed by atoms with E-state index in [1.165, 1.54) is 24.1 Å². The first-order valence-electron chi connectivity index (χ1n) is 5.78. The first kappa shape index (κ1) is 11.1. The van der Waals surface area contributed by atoms with Gasteiger partial charge in [0.25, 0.3) is 0 Å². The van der Waals surface area contributed by atoms with Gasteiger partial charge in [0, 0.05) is 9.75 Å². The van der Waals surface area contributed by atoms with Crippen molar-refractivity contribution in [3.8, 4) is 0 Å². The van der Waals surface area contributed by atoms with Gasteiger partial charge in [-0.05, 0) is 43.2 Å². The van der Waals surface area contributed by atoms with Crippen LogP contribution in [0.15, 0.2) is 6.07 Å². The van der Waals surface area contributed by atoms with Gasteiger partial charge in [0.1, 0.15) is 0 Å². The first-order valence-corrected chi connectivity index (χ1v) is 6.60. The number of rotatable bonds is 4. The standard InChI is InChI=1S/C12H20N2S/c1-8(2)6-10(14-13)12-7-9-4-3-5-11(9)15-12/h7-8,10,14H,3-6,13H2,1-2H3. The Bertz CT molecular complexity index is 309. The zero-order valence-electron chi connectivity index (χ0n) is 9.55. The Kier molecular flexibility index (Phi) is 3.44. The van der Waals surface area contributed by atoms with E-state index >= 15 is 0 Å². The van der Waals surface area contributed by atoms with E-state index in [9.17, 15) is 0 Å². The maximum absolute atomic E-state index is 5.63. The Morgan fingerprint density at radius 1 is 1.47 bits per heavy atom. The fourth-order valence-corrected chi connectivity index (χ4v) is 3.59. The third-order valence-corrected chi connectivity index (χ3v) is 4.37. The lowest BCUT2D eigenvalue weighted by Gasteiger charge is -2.16. The summed E-state index contributed by atoms with van der Waals surface area (Å²) in [7, 11) is 0. The molecular weight excluding hydrogens is 204 g/mol. The molecule has 1 heterocycles. The topological polar surface area (TPSA) is 38.0 Å². The Hall–Kier alpha value is -0.380. The lowest BCUT2D eigenvalue weighted by Crippen LogP contribution is -2.28. The zero-order chi connectivity index (χ0) is 10.8. The Morgan fingerprint density at radius 3 is 2.87 bits per heavy atom. The van der Waals surface area contributed by atoms with Gasteiger partial charge in [-0.3, -0.25) is 11.3 Å². The molecule has 0 saturated carbocycles. The van der Waals surface area contributed by atoms with Gasteiger partial charge in [-0.1, -0.05) is 13.8 Å². The zero-order valence-corrected chi connectivity index (χ0v) is 10.4. The fraction of sp³-hybridized carbons (Fsp3) is 0.667. The molecule has 0 saturated heterocycles. The molecule has 1 aromatic rings. The van der Waals surface area contributed by atoms with E-state index in [0.29, 0.717) is 12.0 Å². The van der Waals surface area contributed by atoms with Crippen molar-refractivity contribution < 1.29 is 0 Å². The van der Waals surface area contributed by atoms with Gasteiger partial charge >= 0.3 is 0 Å². The van der Waals surface area contributed by atoms with Crippen LogP contribution in [0.2, 0.25) is 0 Å². The lowest BCUT2D eigenvalue weighted by atomic mass is 10.0. The number of hydrazine groups is 1. The minimum absolute atomic E-state index is 0.348. The SMILES string of the molecule is CC(C)CC(NN)c1cc2c(s1)CCC2. The molecule has 84 valence electrons. The molecular formula is C12H20N2S. The van der Waals surface area contributed by atoms with Gasteiger partial charge in [-0.25, -0.2) is 0 Å². The van der Waals surface area contributed by atoms with E-state index in [1.807, 2.05) is 11.3 Å². The molecule has 0 amide bonds. The summed E-state index contributed by atoms with van der Waals surface area (Å²) in [5.41, 5.74) is 4.52. The number of hydrogen-bond acceptors (Lipinski definition) is 3. The number of fused-ring (bicyclic) bond motifs is 1. The molecule has 1 aliphatic rings. The number of nitrogens with two attached hydrogens (primary N) is 1. The number of aryl methyl sites for hydroxylation is 2. The van der Waals surface area contributed by atoms with Crippen LogP contribution in [-0.2, 0) is 12.8 Å². The summed E-state index contributed by atoms with van der Waals surface area (Å²) in [5, 5.41) is 0. The molecule has 2 rings (SSSR count). The van der Waals surface area contributed by atoms with Crippen LogP contribution in [0.1, 0.15) is 48.0 Å².